The molecule has 90 valence electrons. The SMILES string of the molecule is CC1CC2CC=C1CCc1ccc(cc1)CC2. The molecule has 0 aliphatic heterocycles. The molecule has 17 heavy (non-hydrogen) atoms. The van der Waals surface area contributed by atoms with Crippen LogP contribution in [0.25, 0.3) is 0 Å². The van der Waals surface area contributed by atoms with Gasteiger partial charge in [-0.3, -0.25) is 0 Å². The summed E-state index contributed by atoms with van der Waals surface area (Å²) in [7, 11) is 0. The van der Waals surface area contributed by atoms with Gasteiger partial charge in [0.1, 0.15) is 0 Å². The summed E-state index contributed by atoms with van der Waals surface area (Å²) in [5.74, 6) is 1.75. The molecule has 0 heteroatoms. The van der Waals surface area contributed by atoms with Crippen molar-refractivity contribution in [1.82, 2.24) is 0 Å². The van der Waals surface area contributed by atoms with Gasteiger partial charge in [-0.25, -0.2) is 0 Å². The maximum absolute atomic E-state index is 2.55. The van der Waals surface area contributed by atoms with Crippen molar-refractivity contribution in [2.24, 2.45) is 11.8 Å². The highest BCUT2D eigenvalue weighted by molar-refractivity contribution is 5.25. The van der Waals surface area contributed by atoms with Gasteiger partial charge in [-0.15, -0.1) is 0 Å². The van der Waals surface area contributed by atoms with Gasteiger partial charge in [-0.05, 0) is 61.5 Å². The highest BCUT2D eigenvalue weighted by Crippen LogP contribution is 2.34. The van der Waals surface area contributed by atoms with Crippen molar-refractivity contribution < 1.29 is 0 Å². The molecule has 0 radical (unpaired) electrons. The van der Waals surface area contributed by atoms with Crippen LogP contribution in [0.5, 0.6) is 0 Å². The average Bonchev–Trinajstić information content (AvgIpc) is 2.34. The minimum atomic E-state index is 0.824. The van der Waals surface area contributed by atoms with Crippen molar-refractivity contribution >= 4 is 0 Å². The van der Waals surface area contributed by atoms with Crippen LogP contribution in [0.15, 0.2) is 35.9 Å². The third-order valence-corrected chi connectivity index (χ3v) is 4.60. The molecule has 0 amide bonds. The standard InChI is InChI=1S/C17H22/c1-13-12-16-7-6-14-2-4-15(5-3-14)8-10-17(13)11-9-16/h2-5,11,13,16H,6-10,12H2,1H3. The monoisotopic (exact) mass is 226 g/mol. The Labute approximate surface area is 105 Å². The lowest BCUT2D eigenvalue weighted by Crippen LogP contribution is -2.15. The molecule has 0 aromatic heterocycles. The van der Waals surface area contributed by atoms with Gasteiger partial charge in [0.15, 0.2) is 0 Å². The van der Waals surface area contributed by atoms with E-state index in [1.54, 1.807) is 5.57 Å². The smallest absolute Gasteiger partial charge is 0.0229 e. The maximum Gasteiger partial charge on any atom is -0.0229 e. The Morgan fingerprint density at radius 2 is 1.65 bits per heavy atom. The Kier molecular flexibility index (Phi) is 3.05. The Bertz CT molecular complexity index is 410. The molecule has 0 fully saturated rings. The van der Waals surface area contributed by atoms with Crippen LogP contribution in [0.1, 0.15) is 43.7 Å². The van der Waals surface area contributed by atoms with E-state index in [9.17, 15) is 0 Å². The minimum Gasteiger partial charge on any atom is -0.0848 e. The number of rotatable bonds is 0. The molecule has 1 aromatic carbocycles. The second-order valence-electron chi connectivity index (χ2n) is 5.87. The molecule has 0 saturated heterocycles. The van der Waals surface area contributed by atoms with Crippen molar-refractivity contribution in [2.75, 3.05) is 0 Å². The van der Waals surface area contributed by atoms with E-state index >= 15 is 0 Å². The first-order chi connectivity index (χ1) is 8.31. The van der Waals surface area contributed by atoms with Gasteiger partial charge in [0.05, 0.1) is 0 Å². The zero-order chi connectivity index (χ0) is 11.7. The topological polar surface area (TPSA) is 0 Å². The Balaban J connectivity index is 1.88. The van der Waals surface area contributed by atoms with Crippen LogP contribution >= 0.6 is 0 Å². The number of hydrogen-bond acceptors (Lipinski definition) is 0. The first-order valence-corrected chi connectivity index (χ1v) is 7.08. The highest BCUT2D eigenvalue weighted by atomic mass is 14.3. The van der Waals surface area contributed by atoms with Crippen LogP contribution in [0.4, 0.5) is 0 Å². The van der Waals surface area contributed by atoms with Crippen LogP contribution in [0, 0.1) is 11.8 Å². The molecule has 4 bridgehead atoms. The second kappa shape index (κ2) is 4.68. The van der Waals surface area contributed by atoms with Crippen LogP contribution in [0.3, 0.4) is 0 Å². The van der Waals surface area contributed by atoms with Gasteiger partial charge in [-0.2, -0.15) is 0 Å². The van der Waals surface area contributed by atoms with E-state index in [0.717, 1.165) is 11.8 Å². The van der Waals surface area contributed by atoms with Crippen molar-refractivity contribution in [2.45, 2.75) is 45.4 Å². The Morgan fingerprint density at radius 3 is 2.35 bits per heavy atom. The molecule has 0 N–H and O–H groups in total. The molecule has 2 atom stereocenters. The lowest BCUT2D eigenvalue weighted by molar-refractivity contribution is 0.371. The van der Waals surface area contributed by atoms with E-state index < -0.39 is 0 Å². The molecular formula is C17H22. The van der Waals surface area contributed by atoms with Gasteiger partial charge < -0.3 is 0 Å². The minimum absolute atomic E-state index is 0.824. The van der Waals surface area contributed by atoms with Gasteiger partial charge in [0.25, 0.3) is 0 Å². The van der Waals surface area contributed by atoms with E-state index in [-0.39, 0.29) is 0 Å². The predicted octanol–water partition coefficient (Wildman–Crippen LogP) is 4.54. The van der Waals surface area contributed by atoms with E-state index in [2.05, 4.69) is 37.3 Å². The molecular weight excluding hydrogens is 204 g/mol. The van der Waals surface area contributed by atoms with Crippen molar-refractivity contribution in [3.8, 4) is 0 Å². The van der Waals surface area contributed by atoms with Crippen molar-refractivity contribution in [3.05, 3.63) is 47.0 Å². The molecule has 0 saturated carbocycles. The third-order valence-electron chi connectivity index (χ3n) is 4.60. The van der Waals surface area contributed by atoms with Gasteiger partial charge in [-0.1, -0.05) is 42.8 Å². The van der Waals surface area contributed by atoms with Gasteiger partial charge >= 0.3 is 0 Å². The number of benzene rings is 1. The molecule has 2 unspecified atom stereocenters. The van der Waals surface area contributed by atoms with Crippen LogP contribution in [-0.2, 0) is 12.8 Å². The van der Waals surface area contributed by atoms with E-state index in [4.69, 9.17) is 0 Å². The van der Waals surface area contributed by atoms with Gasteiger partial charge in [0, 0.05) is 0 Å². The quantitative estimate of drug-likeness (QED) is 0.570. The zero-order valence-electron chi connectivity index (χ0n) is 10.8. The van der Waals surface area contributed by atoms with Crippen LogP contribution in [-0.4, -0.2) is 0 Å². The average molecular weight is 226 g/mol. The van der Waals surface area contributed by atoms with Gasteiger partial charge in [0.2, 0.25) is 0 Å². The molecule has 1 aromatic rings. The van der Waals surface area contributed by atoms with Crippen molar-refractivity contribution in [3.63, 3.8) is 0 Å². The summed E-state index contributed by atoms with van der Waals surface area (Å²) in [6, 6.07) is 9.33. The molecule has 6 rings (SSSR count). The van der Waals surface area contributed by atoms with E-state index in [1.165, 1.54) is 49.7 Å². The second-order valence-corrected chi connectivity index (χ2v) is 5.87. The highest BCUT2D eigenvalue weighted by Gasteiger charge is 2.21. The van der Waals surface area contributed by atoms with E-state index in [1.807, 2.05) is 0 Å². The fraction of sp³-hybridized carbons (Fsp3) is 0.529. The summed E-state index contributed by atoms with van der Waals surface area (Å²) in [6.07, 6.45) is 10.4. The van der Waals surface area contributed by atoms with Crippen molar-refractivity contribution in [1.29, 1.82) is 0 Å². The molecule has 5 aliphatic rings. The number of aryl methyl sites for hydroxylation is 2. The zero-order valence-corrected chi connectivity index (χ0v) is 10.8. The number of allylic oxidation sites excluding steroid dienone is 2. The van der Waals surface area contributed by atoms with Crippen LogP contribution < -0.4 is 0 Å². The first kappa shape index (κ1) is 11.1. The summed E-state index contributed by atoms with van der Waals surface area (Å²) in [5.41, 5.74) is 4.74. The molecule has 0 heterocycles. The Hall–Kier alpha value is -1.04. The largest absolute Gasteiger partial charge is 0.0848 e. The third kappa shape index (κ3) is 2.46. The number of hydrogen-bond donors (Lipinski definition) is 0. The van der Waals surface area contributed by atoms with E-state index in [0.29, 0.717) is 0 Å². The lowest BCUT2D eigenvalue weighted by Gasteiger charge is -2.28. The molecule has 5 aliphatic carbocycles. The Morgan fingerprint density at radius 1 is 0.941 bits per heavy atom. The maximum atomic E-state index is 2.55. The molecule has 0 spiro atoms. The fourth-order valence-electron chi connectivity index (χ4n) is 3.38. The molecule has 0 nitrogen and oxygen atoms in total. The predicted molar refractivity (Wildman–Crippen MR) is 73.1 cm³/mol. The summed E-state index contributed by atoms with van der Waals surface area (Å²) in [5, 5.41) is 0. The fourth-order valence-corrected chi connectivity index (χ4v) is 3.38. The summed E-state index contributed by atoms with van der Waals surface area (Å²) in [6.45, 7) is 2.42. The normalized spacial score (nSPS) is 28.4. The first-order valence-electron chi connectivity index (χ1n) is 7.08. The summed E-state index contributed by atoms with van der Waals surface area (Å²) < 4.78 is 0. The van der Waals surface area contributed by atoms with Crippen LogP contribution in [0.2, 0.25) is 0 Å². The summed E-state index contributed by atoms with van der Waals surface area (Å²) >= 11 is 0. The summed E-state index contributed by atoms with van der Waals surface area (Å²) in [4.78, 5) is 0. The lowest BCUT2D eigenvalue weighted by atomic mass is 9.77.